The zero-order valence-corrected chi connectivity index (χ0v) is 20.8. The van der Waals surface area contributed by atoms with E-state index in [-0.39, 0.29) is 24.6 Å². The molecule has 190 valence electrons. The number of nitrogens with one attached hydrogen (secondary N) is 1. The first kappa shape index (κ1) is 23.4. The number of rotatable bonds is 5. The summed E-state index contributed by atoms with van der Waals surface area (Å²) in [6, 6.07) is 20.3. The SMILES string of the molecule is COc1ccc([C@H]2[C@@H](C(=O)Nc3ccc4c(c3)OCO4)c3ccccc3C(=O)N2C2CCCCC2)cc1. The van der Waals surface area contributed by atoms with Crippen molar-refractivity contribution in [2.75, 3.05) is 19.2 Å². The first-order valence-electron chi connectivity index (χ1n) is 12.9. The van der Waals surface area contributed by atoms with Crippen LogP contribution in [0.2, 0.25) is 0 Å². The van der Waals surface area contributed by atoms with Crippen LogP contribution in [0, 0.1) is 0 Å². The van der Waals surface area contributed by atoms with Gasteiger partial charge in [-0.05, 0) is 54.3 Å². The van der Waals surface area contributed by atoms with Crippen molar-refractivity contribution in [1.82, 2.24) is 4.90 Å². The van der Waals surface area contributed by atoms with Gasteiger partial charge >= 0.3 is 0 Å². The molecule has 3 aromatic rings. The van der Waals surface area contributed by atoms with Gasteiger partial charge in [0.1, 0.15) is 5.75 Å². The van der Waals surface area contributed by atoms with Crippen LogP contribution in [0.4, 0.5) is 5.69 Å². The highest BCUT2D eigenvalue weighted by molar-refractivity contribution is 6.04. The van der Waals surface area contributed by atoms with Crippen LogP contribution in [0.1, 0.15) is 65.5 Å². The third-order valence-electron chi connectivity index (χ3n) is 7.72. The van der Waals surface area contributed by atoms with E-state index in [1.807, 2.05) is 59.5 Å². The number of carbonyl (C=O) groups excluding carboxylic acids is 2. The van der Waals surface area contributed by atoms with E-state index in [4.69, 9.17) is 14.2 Å². The van der Waals surface area contributed by atoms with E-state index in [0.29, 0.717) is 22.7 Å². The van der Waals surface area contributed by atoms with Gasteiger partial charge in [-0.2, -0.15) is 0 Å². The van der Waals surface area contributed by atoms with Gasteiger partial charge in [-0.3, -0.25) is 9.59 Å². The fraction of sp³-hybridized carbons (Fsp3) is 0.333. The molecule has 7 nitrogen and oxygen atoms in total. The van der Waals surface area contributed by atoms with Gasteiger partial charge in [-0.15, -0.1) is 0 Å². The fourth-order valence-electron chi connectivity index (χ4n) is 5.94. The second-order valence-electron chi connectivity index (χ2n) is 9.84. The minimum atomic E-state index is -0.588. The Balaban J connectivity index is 1.45. The van der Waals surface area contributed by atoms with Gasteiger partial charge in [-0.25, -0.2) is 0 Å². The van der Waals surface area contributed by atoms with Crippen molar-refractivity contribution < 1.29 is 23.8 Å². The molecule has 7 heteroatoms. The molecular formula is C30H30N2O5. The smallest absolute Gasteiger partial charge is 0.254 e. The van der Waals surface area contributed by atoms with E-state index < -0.39 is 12.0 Å². The van der Waals surface area contributed by atoms with Crippen LogP contribution in [0.5, 0.6) is 17.2 Å². The summed E-state index contributed by atoms with van der Waals surface area (Å²) in [6.45, 7) is 0.167. The number of nitrogens with zero attached hydrogens (tertiary/aromatic N) is 1. The summed E-state index contributed by atoms with van der Waals surface area (Å²) in [5.74, 6) is 1.24. The van der Waals surface area contributed by atoms with Crippen molar-refractivity contribution in [3.63, 3.8) is 0 Å². The molecule has 2 aliphatic heterocycles. The lowest BCUT2D eigenvalue weighted by Crippen LogP contribution is -2.51. The number of ether oxygens (including phenoxy) is 3. The Bertz CT molecular complexity index is 1320. The Morgan fingerprint density at radius 3 is 2.49 bits per heavy atom. The van der Waals surface area contributed by atoms with Gasteiger partial charge in [-0.1, -0.05) is 49.6 Å². The molecule has 6 rings (SSSR count). The number of amides is 2. The molecule has 1 fully saturated rings. The monoisotopic (exact) mass is 498 g/mol. The predicted molar refractivity (Wildman–Crippen MR) is 139 cm³/mol. The molecule has 1 aliphatic carbocycles. The van der Waals surface area contributed by atoms with E-state index in [1.54, 1.807) is 19.2 Å². The molecule has 1 saturated carbocycles. The number of hydrogen-bond acceptors (Lipinski definition) is 5. The molecule has 1 N–H and O–H groups in total. The van der Waals surface area contributed by atoms with E-state index in [1.165, 1.54) is 6.42 Å². The minimum Gasteiger partial charge on any atom is -0.497 e. The Morgan fingerprint density at radius 1 is 0.946 bits per heavy atom. The van der Waals surface area contributed by atoms with Crippen LogP contribution in [0.15, 0.2) is 66.7 Å². The van der Waals surface area contributed by atoms with Crippen molar-refractivity contribution in [2.45, 2.75) is 50.1 Å². The van der Waals surface area contributed by atoms with Crippen LogP contribution >= 0.6 is 0 Å². The van der Waals surface area contributed by atoms with Crippen LogP contribution in [-0.2, 0) is 4.79 Å². The van der Waals surface area contributed by atoms with Crippen molar-refractivity contribution in [2.24, 2.45) is 0 Å². The summed E-state index contributed by atoms with van der Waals surface area (Å²) in [7, 11) is 1.63. The molecule has 0 aromatic heterocycles. The fourth-order valence-corrected chi connectivity index (χ4v) is 5.94. The van der Waals surface area contributed by atoms with Gasteiger partial charge in [0.15, 0.2) is 11.5 Å². The zero-order valence-electron chi connectivity index (χ0n) is 20.8. The van der Waals surface area contributed by atoms with Crippen LogP contribution in [0.3, 0.4) is 0 Å². The normalized spacial score (nSPS) is 20.9. The van der Waals surface area contributed by atoms with Gasteiger partial charge < -0.3 is 24.4 Å². The Labute approximate surface area is 216 Å². The summed E-state index contributed by atoms with van der Waals surface area (Å²) in [4.78, 5) is 30.1. The molecule has 3 aliphatic rings. The molecule has 37 heavy (non-hydrogen) atoms. The molecule has 0 unspecified atom stereocenters. The number of hydrogen-bond donors (Lipinski definition) is 1. The van der Waals surface area contributed by atoms with Crippen molar-refractivity contribution >= 4 is 17.5 Å². The second kappa shape index (κ2) is 9.81. The van der Waals surface area contributed by atoms with Gasteiger partial charge in [0.05, 0.1) is 19.1 Å². The Morgan fingerprint density at radius 2 is 1.70 bits per heavy atom. The Kier molecular flexibility index (Phi) is 6.20. The average molecular weight is 499 g/mol. The third-order valence-corrected chi connectivity index (χ3v) is 7.72. The van der Waals surface area contributed by atoms with Crippen LogP contribution < -0.4 is 19.5 Å². The van der Waals surface area contributed by atoms with Crippen LogP contribution in [0.25, 0.3) is 0 Å². The largest absolute Gasteiger partial charge is 0.497 e. The highest BCUT2D eigenvalue weighted by Gasteiger charge is 2.46. The number of benzene rings is 3. The number of fused-ring (bicyclic) bond motifs is 2. The van der Waals surface area contributed by atoms with E-state index in [0.717, 1.165) is 42.6 Å². The molecule has 3 aromatic carbocycles. The lowest BCUT2D eigenvalue weighted by atomic mass is 9.77. The maximum Gasteiger partial charge on any atom is 0.254 e. The molecule has 0 saturated heterocycles. The van der Waals surface area contributed by atoms with Gasteiger partial charge in [0.2, 0.25) is 12.7 Å². The summed E-state index contributed by atoms with van der Waals surface area (Å²) in [5.41, 5.74) is 2.89. The molecule has 0 bridgehead atoms. The molecule has 2 amide bonds. The highest BCUT2D eigenvalue weighted by atomic mass is 16.7. The van der Waals surface area contributed by atoms with E-state index in [2.05, 4.69) is 5.32 Å². The average Bonchev–Trinajstić information content (AvgIpc) is 3.41. The van der Waals surface area contributed by atoms with E-state index in [9.17, 15) is 9.59 Å². The third kappa shape index (κ3) is 4.28. The quantitative estimate of drug-likeness (QED) is 0.490. The van der Waals surface area contributed by atoms with Crippen molar-refractivity contribution in [3.8, 4) is 17.2 Å². The topological polar surface area (TPSA) is 77.1 Å². The number of carbonyl (C=O) groups is 2. The van der Waals surface area contributed by atoms with Crippen LogP contribution in [-0.4, -0.2) is 36.7 Å². The maximum absolute atomic E-state index is 14.1. The summed E-state index contributed by atoms with van der Waals surface area (Å²) in [5, 5.41) is 3.11. The summed E-state index contributed by atoms with van der Waals surface area (Å²) in [6.07, 6.45) is 5.23. The lowest BCUT2D eigenvalue weighted by Gasteiger charge is -2.46. The maximum atomic E-state index is 14.1. The van der Waals surface area contributed by atoms with Gasteiger partial charge in [0, 0.05) is 23.4 Å². The van der Waals surface area contributed by atoms with Crippen molar-refractivity contribution in [1.29, 1.82) is 0 Å². The predicted octanol–water partition coefficient (Wildman–Crippen LogP) is 5.68. The minimum absolute atomic E-state index is 0.00422. The molecule has 0 spiro atoms. The summed E-state index contributed by atoms with van der Waals surface area (Å²) < 4.78 is 16.3. The highest BCUT2D eigenvalue weighted by Crippen LogP contribution is 2.46. The van der Waals surface area contributed by atoms with E-state index >= 15 is 0 Å². The molecule has 0 radical (unpaired) electrons. The number of methoxy groups -OCH3 is 1. The summed E-state index contributed by atoms with van der Waals surface area (Å²) >= 11 is 0. The first-order chi connectivity index (χ1) is 18.1. The lowest BCUT2D eigenvalue weighted by molar-refractivity contribution is -0.119. The van der Waals surface area contributed by atoms with Gasteiger partial charge in [0.25, 0.3) is 5.91 Å². The standard InChI is InChI=1S/C30H30N2O5/c1-35-22-14-11-19(12-15-22)28-27(29(33)31-20-13-16-25-26(17-20)37-18-36-25)23-9-5-6-10-24(23)30(34)32(28)21-7-3-2-4-8-21/h5-6,9-17,21,27-28H,2-4,7-8,18H2,1H3,(H,31,33)/t27-,28-/m0/s1. The molecule has 2 atom stereocenters. The zero-order chi connectivity index (χ0) is 25.4. The molecule has 2 heterocycles. The van der Waals surface area contributed by atoms with Crippen molar-refractivity contribution in [3.05, 3.63) is 83.4 Å². The molecular weight excluding hydrogens is 468 g/mol. The Hall–Kier alpha value is -4.00. The first-order valence-corrected chi connectivity index (χ1v) is 12.9. The second-order valence-corrected chi connectivity index (χ2v) is 9.84. The number of anilines is 1.